The van der Waals surface area contributed by atoms with Gasteiger partial charge in [-0.1, -0.05) is 5.16 Å². The molecule has 1 saturated heterocycles. The van der Waals surface area contributed by atoms with E-state index in [4.69, 9.17) is 15.3 Å². The lowest BCUT2D eigenvalue weighted by Gasteiger charge is -2.49. The van der Waals surface area contributed by atoms with E-state index < -0.39 is 75.7 Å². The van der Waals surface area contributed by atoms with Crippen molar-refractivity contribution in [3.05, 3.63) is 87.6 Å². The minimum absolute atomic E-state index is 0.0511. The number of ether oxygens (including phenoxy) is 1. The summed E-state index contributed by atoms with van der Waals surface area (Å²) in [6.45, 7) is 4.15. The maximum absolute atomic E-state index is 13.8. The molecule has 0 aliphatic carbocycles. The van der Waals surface area contributed by atoms with Crippen LogP contribution in [0.25, 0.3) is 5.78 Å². The molecule has 0 radical (unpaired) electrons. The molecule has 0 spiro atoms. The number of hydrazine groups is 1. The summed E-state index contributed by atoms with van der Waals surface area (Å²) in [5, 5.41) is 62.9. The van der Waals surface area contributed by atoms with Gasteiger partial charge in [-0.3, -0.25) is 39.7 Å². The molecule has 5 heterocycles. The minimum atomic E-state index is -1.85. The van der Waals surface area contributed by atoms with E-state index in [0.29, 0.717) is 16.3 Å². The maximum Gasteiger partial charge on any atom is 0.512 e. The summed E-state index contributed by atoms with van der Waals surface area (Å²) >= 11 is 3.39. The predicted molar refractivity (Wildman–Crippen MR) is 232 cm³/mol. The van der Waals surface area contributed by atoms with Gasteiger partial charge in [0.25, 0.3) is 35.3 Å². The number of aromatic hydroxyl groups is 4. The number of phenols is 4. The maximum atomic E-state index is 13.8. The lowest BCUT2D eigenvalue weighted by atomic mass is 10.1. The van der Waals surface area contributed by atoms with Crippen LogP contribution in [0.5, 0.6) is 23.0 Å². The topological polar surface area (TPSA) is 368 Å². The van der Waals surface area contributed by atoms with E-state index in [2.05, 4.69) is 46.7 Å². The molecule has 2 atom stereocenters. The number of carbonyl (C=O) groups excluding carboxylic acids is 5. The predicted octanol–water partition coefficient (Wildman–Crippen LogP) is 1.28. The Balaban J connectivity index is 1.02. The molecule has 344 valence electrons. The number of β-lactam (4-membered cyclic amide) rings is 1. The number of amides is 5. The van der Waals surface area contributed by atoms with Crippen molar-refractivity contribution in [1.82, 2.24) is 51.0 Å². The molecule has 66 heavy (non-hydrogen) atoms. The van der Waals surface area contributed by atoms with E-state index in [9.17, 15) is 54.3 Å². The van der Waals surface area contributed by atoms with E-state index >= 15 is 0 Å². The van der Waals surface area contributed by atoms with Crippen molar-refractivity contribution in [2.45, 2.75) is 49.4 Å². The number of thiazole rings is 1. The van der Waals surface area contributed by atoms with Crippen LogP contribution in [-0.2, 0) is 30.5 Å². The largest absolute Gasteiger partial charge is 0.512 e. The summed E-state index contributed by atoms with van der Waals surface area (Å²) in [6, 6.07) is 7.35. The van der Waals surface area contributed by atoms with E-state index in [1.807, 2.05) is 0 Å². The Labute approximate surface area is 383 Å². The van der Waals surface area contributed by atoms with Gasteiger partial charge in [-0.05, 0) is 63.2 Å². The van der Waals surface area contributed by atoms with Crippen molar-refractivity contribution in [3.8, 4) is 23.0 Å². The van der Waals surface area contributed by atoms with Crippen LogP contribution in [0.3, 0.4) is 0 Å². The molecular weight excluding hydrogens is 929 g/mol. The summed E-state index contributed by atoms with van der Waals surface area (Å²) in [5.74, 6) is -5.49. The van der Waals surface area contributed by atoms with Crippen LogP contribution in [0.1, 0.15) is 51.8 Å². The first-order valence-electron chi connectivity index (χ1n) is 18.9. The van der Waals surface area contributed by atoms with Gasteiger partial charge in [0.1, 0.15) is 22.1 Å². The smallest absolute Gasteiger partial charge is 0.504 e. The quantitative estimate of drug-likeness (QED) is 0.0142. The first-order valence-corrected chi connectivity index (χ1v) is 21.9. The van der Waals surface area contributed by atoms with Crippen molar-refractivity contribution in [2.75, 3.05) is 17.2 Å². The number of aromatic nitrogens is 5. The number of carboxylic acid groups (broad SMARTS) is 1. The molecule has 0 bridgehead atoms. The van der Waals surface area contributed by atoms with E-state index in [1.54, 1.807) is 13.0 Å². The summed E-state index contributed by atoms with van der Waals surface area (Å²) in [4.78, 5) is 97.1. The van der Waals surface area contributed by atoms with Gasteiger partial charge in [0, 0.05) is 39.3 Å². The molecule has 1 fully saturated rings. The molecule has 11 N–H and O–H groups in total. The van der Waals surface area contributed by atoms with Gasteiger partial charge in [-0.15, -0.1) is 40.0 Å². The number of nitrogen functional groups attached to an aromatic ring is 1. The molecule has 2 aromatic carbocycles. The van der Waals surface area contributed by atoms with Gasteiger partial charge < -0.3 is 51.5 Å². The minimum Gasteiger partial charge on any atom is -0.504 e. The summed E-state index contributed by atoms with van der Waals surface area (Å²) < 4.78 is 6.58. The lowest BCUT2D eigenvalue weighted by molar-refractivity contribution is -0.148. The highest BCUT2D eigenvalue weighted by Crippen LogP contribution is 2.42. The number of nitrogens with two attached hydrogens (primary N) is 1. The average molecular weight is 965 g/mol. The molecule has 7 rings (SSSR count). The first-order chi connectivity index (χ1) is 31.3. The number of thioether (sulfide) groups is 2. The molecule has 28 heteroatoms. The van der Waals surface area contributed by atoms with Gasteiger partial charge >= 0.3 is 6.16 Å². The summed E-state index contributed by atoms with van der Waals surface area (Å²) in [7, 11) is 0. The highest BCUT2D eigenvalue weighted by molar-refractivity contribution is 8.01. The number of hydrogen-bond acceptors (Lipinski definition) is 21. The van der Waals surface area contributed by atoms with Crippen LogP contribution in [0, 0.1) is 6.92 Å². The van der Waals surface area contributed by atoms with Crippen LogP contribution in [-0.4, -0.2) is 125 Å². The fraction of sp³-hybridized carbons (Fsp3) is 0.237. The summed E-state index contributed by atoms with van der Waals surface area (Å²) in [5.41, 5.74) is 8.67. The highest BCUT2D eigenvalue weighted by atomic mass is 32.2. The number of aryl methyl sites for hydroxylation is 1. The van der Waals surface area contributed by atoms with Crippen molar-refractivity contribution in [1.29, 1.82) is 0 Å². The molecule has 2 aliphatic heterocycles. The third-order valence-corrected chi connectivity index (χ3v) is 12.5. The Hall–Kier alpha value is -7.85. The fourth-order valence-corrected chi connectivity index (χ4v) is 9.03. The van der Waals surface area contributed by atoms with Gasteiger partial charge in [0.2, 0.25) is 11.5 Å². The van der Waals surface area contributed by atoms with Crippen molar-refractivity contribution >= 4 is 87.2 Å². The standard InChI is InChI=1S/C38H36N12O13S3/c1-15-8-25(50-36(41-15)43-24(47-50)11-40-28(55)16-4-6-20(51)22(53)9-16)64-12-18-13-65-33-27(31(58)49(33)32(18)62-37(60)61)44-30(57)26(19-14-66-35(39)42-19)48-63-38(2,3)34(59)46-45-29(56)17-5-7-21(52)23(54)10-17/h4-10,14,27,33,51-54H,11-13H2,1-3H3,(H2,39,42)(H,40,55)(H,44,57)(H,45,56)(H,46,59)(H,60,61)/b48-26-/t27-,33-/m1/s1. The second-order valence-electron chi connectivity index (χ2n) is 14.5. The van der Waals surface area contributed by atoms with Gasteiger partial charge in [-0.25, -0.2) is 14.8 Å². The number of fused-ring (bicyclic) bond motifs is 2. The zero-order valence-electron chi connectivity index (χ0n) is 34.3. The van der Waals surface area contributed by atoms with Crippen LogP contribution < -0.4 is 27.2 Å². The number of rotatable bonds is 14. The molecule has 5 amide bonds. The molecule has 0 saturated carbocycles. The monoisotopic (exact) mass is 964 g/mol. The molecule has 3 aromatic heterocycles. The molecule has 5 aromatic rings. The Morgan fingerprint density at radius 1 is 0.955 bits per heavy atom. The van der Waals surface area contributed by atoms with Crippen molar-refractivity contribution in [2.24, 2.45) is 5.16 Å². The number of phenolic OH excluding ortho intramolecular Hbond substituents is 4. The number of nitrogens with one attached hydrogen (secondary N) is 4. The third-order valence-electron chi connectivity index (χ3n) is 9.37. The number of hydrogen-bond donors (Lipinski definition) is 10. The van der Waals surface area contributed by atoms with E-state index in [0.717, 1.165) is 34.4 Å². The second kappa shape index (κ2) is 18.7. The SMILES string of the molecule is Cc1cc(SCC2=C(OC(=O)O)N3C(=O)[C@@H](NC(=O)/C(=N\OC(C)(C)C(=O)NNC(=O)c4ccc(O)c(O)c4)c4csc(N)n4)[C@H]3SC2)n2nc(CNC(=O)c3ccc(O)c(O)c3)nc2n1. The van der Waals surface area contributed by atoms with Gasteiger partial charge in [-0.2, -0.15) is 9.50 Å². The number of anilines is 1. The second-order valence-corrected chi connectivity index (χ2v) is 17.5. The molecule has 25 nitrogen and oxygen atoms in total. The Morgan fingerprint density at radius 2 is 1.64 bits per heavy atom. The number of carbonyl (C=O) groups is 6. The zero-order chi connectivity index (χ0) is 47.6. The average Bonchev–Trinajstić information content (AvgIpc) is 3.90. The molecule has 0 unspecified atom stereocenters. The van der Waals surface area contributed by atoms with Crippen LogP contribution in [0.4, 0.5) is 9.93 Å². The van der Waals surface area contributed by atoms with Gasteiger partial charge in [0.15, 0.2) is 39.7 Å². The van der Waals surface area contributed by atoms with Crippen molar-refractivity contribution < 1.29 is 63.9 Å². The fourth-order valence-electron chi connectivity index (χ4n) is 5.98. The molecular formula is C38H36N12O13S3. The van der Waals surface area contributed by atoms with Crippen LogP contribution in [0.15, 0.2) is 69.5 Å². The van der Waals surface area contributed by atoms with Crippen molar-refractivity contribution in [3.63, 3.8) is 0 Å². The number of nitrogens with zero attached hydrogens (tertiary/aromatic N) is 7. The zero-order valence-corrected chi connectivity index (χ0v) is 36.8. The Morgan fingerprint density at radius 3 is 2.27 bits per heavy atom. The van der Waals surface area contributed by atoms with Gasteiger partial charge in [0.05, 0.1) is 6.54 Å². The van der Waals surface area contributed by atoms with Crippen LogP contribution >= 0.6 is 34.9 Å². The Bertz CT molecular complexity index is 2880. The van der Waals surface area contributed by atoms with Crippen LogP contribution in [0.2, 0.25) is 0 Å². The molecule has 2 aliphatic rings. The highest BCUT2D eigenvalue weighted by Gasteiger charge is 2.54. The Kier molecular flexibility index (Phi) is 13.1. The normalized spacial score (nSPS) is 16.0. The third kappa shape index (κ3) is 9.93. The lowest BCUT2D eigenvalue weighted by Crippen LogP contribution is -2.70. The number of benzene rings is 2. The first kappa shape index (κ1) is 46.2. The van der Waals surface area contributed by atoms with E-state index in [1.165, 1.54) is 65.5 Å². The number of oxime groups is 1. The summed E-state index contributed by atoms with van der Waals surface area (Å²) in [6.07, 6.45) is -1.69. The van der Waals surface area contributed by atoms with E-state index in [-0.39, 0.29) is 63.2 Å².